The lowest BCUT2D eigenvalue weighted by atomic mass is 10.1. The van der Waals surface area contributed by atoms with Crippen LogP contribution in [0.2, 0.25) is 0 Å². The maximum absolute atomic E-state index is 14.2. The first kappa shape index (κ1) is 32.6. The first-order valence-electron chi connectivity index (χ1n) is 14.6. The van der Waals surface area contributed by atoms with Crippen LogP contribution >= 0.6 is 0 Å². The number of aliphatic hydroxyl groups is 1. The molecule has 3 aromatic carbocycles. The van der Waals surface area contributed by atoms with E-state index in [2.05, 4.69) is 15.6 Å². The average Bonchev–Trinajstić information content (AvgIpc) is 3.44. The van der Waals surface area contributed by atoms with Crippen molar-refractivity contribution in [3.05, 3.63) is 105 Å². The molecule has 0 saturated carbocycles. The smallest absolute Gasteiger partial charge is 0.372 e. The molecule has 242 valence electrons. The van der Waals surface area contributed by atoms with Crippen molar-refractivity contribution in [1.82, 2.24) is 19.8 Å². The highest BCUT2D eigenvalue weighted by molar-refractivity contribution is 5.95. The minimum absolute atomic E-state index is 0.0680. The van der Waals surface area contributed by atoms with Crippen molar-refractivity contribution in [2.75, 3.05) is 37.9 Å². The number of benzene rings is 3. The van der Waals surface area contributed by atoms with Gasteiger partial charge in [-0.15, -0.1) is 0 Å². The van der Waals surface area contributed by atoms with Crippen LogP contribution in [0.1, 0.15) is 34.0 Å². The molecule has 0 bridgehead atoms. The molecule has 0 aliphatic carbocycles. The van der Waals surface area contributed by atoms with Gasteiger partial charge in [-0.25, -0.2) is 9.37 Å². The summed E-state index contributed by atoms with van der Waals surface area (Å²) in [6.45, 7) is 1.72. The number of carbonyl (C=O) groups is 1. The van der Waals surface area contributed by atoms with Crippen LogP contribution in [-0.4, -0.2) is 65.4 Å². The Hall–Kier alpha value is -4.75. The summed E-state index contributed by atoms with van der Waals surface area (Å²) in [5, 5.41) is 16.2. The molecule has 13 heteroatoms. The highest BCUT2D eigenvalue weighted by atomic mass is 19.4. The lowest BCUT2D eigenvalue weighted by molar-refractivity contribution is -0.137. The number of rotatable bonds is 9. The average molecular weight is 639 g/mol. The van der Waals surface area contributed by atoms with Crippen molar-refractivity contribution in [3.63, 3.8) is 0 Å². The predicted octanol–water partition coefficient (Wildman–Crippen LogP) is 4.85. The molecule has 4 aromatic rings. The van der Waals surface area contributed by atoms with Gasteiger partial charge in [0.1, 0.15) is 23.6 Å². The first-order valence-corrected chi connectivity index (χ1v) is 14.6. The Kier molecular flexibility index (Phi) is 9.17. The number of likely N-dealkylation sites (N-methyl/N-ethyl adjacent to an activating group) is 1. The minimum Gasteiger partial charge on any atom is -0.372 e. The molecule has 5 rings (SSSR count). The molecule has 9 nitrogen and oxygen atoms in total. The van der Waals surface area contributed by atoms with E-state index in [4.69, 9.17) is 0 Å². The monoisotopic (exact) mass is 638 g/mol. The van der Waals surface area contributed by atoms with Crippen LogP contribution in [0.25, 0.3) is 11.4 Å². The third kappa shape index (κ3) is 6.75. The summed E-state index contributed by atoms with van der Waals surface area (Å²) < 4.78 is 57.7. The Morgan fingerprint density at radius 3 is 2.57 bits per heavy atom. The minimum atomic E-state index is -4.69. The maximum Gasteiger partial charge on any atom is 0.416 e. The van der Waals surface area contributed by atoms with Gasteiger partial charge in [-0.2, -0.15) is 13.2 Å². The van der Waals surface area contributed by atoms with Gasteiger partial charge in [-0.1, -0.05) is 12.1 Å². The highest BCUT2D eigenvalue weighted by Crippen LogP contribution is 2.39. The molecule has 0 spiro atoms. The van der Waals surface area contributed by atoms with E-state index in [1.54, 1.807) is 69.4 Å². The SMILES string of the molecule is CN[C@@H](C)C(O)Nc1cnc(-c2cccc(C(=O)N(C)C)c2)n(Cc2cc(N3CCc4cc(F)ccc43)cc(C(F)(F)F)c2)c1=O. The Bertz CT molecular complexity index is 1820. The second-order valence-corrected chi connectivity index (χ2v) is 11.4. The van der Waals surface area contributed by atoms with Crippen LogP contribution in [0.3, 0.4) is 0 Å². The second-order valence-electron chi connectivity index (χ2n) is 11.4. The normalized spacial score (nSPS) is 14.2. The van der Waals surface area contributed by atoms with E-state index in [9.17, 15) is 32.3 Å². The molecule has 0 saturated heterocycles. The Labute approximate surface area is 263 Å². The molecule has 3 N–H and O–H groups in total. The van der Waals surface area contributed by atoms with E-state index < -0.39 is 35.4 Å². The fourth-order valence-corrected chi connectivity index (χ4v) is 5.37. The van der Waals surface area contributed by atoms with Gasteiger partial charge in [0.25, 0.3) is 11.5 Å². The van der Waals surface area contributed by atoms with Crippen LogP contribution in [0.15, 0.2) is 71.7 Å². The molecule has 1 aliphatic heterocycles. The number of hydrogen-bond acceptors (Lipinski definition) is 7. The van der Waals surface area contributed by atoms with Gasteiger partial charge >= 0.3 is 6.18 Å². The second kappa shape index (κ2) is 12.9. The topological polar surface area (TPSA) is 103 Å². The van der Waals surface area contributed by atoms with E-state index in [0.717, 1.165) is 12.1 Å². The van der Waals surface area contributed by atoms with E-state index in [1.165, 1.54) is 27.8 Å². The molecule has 1 amide bonds. The molecule has 0 radical (unpaired) electrons. The van der Waals surface area contributed by atoms with Crippen molar-refractivity contribution in [3.8, 4) is 11.4 Å². The Morgan fingerprint density at radius 1 is 1.11 bits per heavy atom. The van der Waals surface area contributed by atoms with Gasteiger partial charge in [0.15, 0.2) is 0 Å². The number of carbonyl (C=O) groups excluding carboxylic acids is 1. The van der Waals surface area contributed by atoms with E-state index in [1.807, 2.05) is 0 Å². The number of aliphatic hydroxyl groups excluding tert-OH is 1. The van der Waals surface area contributed by atoms with Crippen molar-refractivity contribution < 1.29 is 27.5 Å². The fourth-order valence-electron chi connectivity index (χ4n) is 5.37. The molecule has 46 heavy (non-hydrogen) atoms. The van der Waals surface area contributed by atoms with Crippen LogP contribution < -0.4 is 21.1 Å². The van der Waals surface area contributed by atoms with Gasteiger partial charge in [-0.3, -0.25) is 14.2 Å². The standard InChI is InChI=1S/C33H34F4N6O3/c1-19(38-2)30(44)40-27-17-39-29(22-6-5-7-23(14-22)31(45)41(3)4)43(32(27)46)18-20-12-24(33(35,36)37)16-26(13-20)42-11-10-21-15-25(34)8-9-28(21)42/h5-9,12-17,19,30,38,40,44H,10-11,18H2,1-4H3/t19-,30?/m0/s1. The van der Waals surface area contributed by atoms with Crippen LogP contribution in [0.4, 0.5) is 34.6 Å². The summed E-state index contributed by atoms with van der Waals surface area (Å²) in [4.78, 5) is 34.2. The number of amides is 1. The van der Waals surface area contributed by atoms with Gasteiger partial charge in [-0.05, 0) is 80.1 Å². The van der Waals surface area contributed by atoms with Crippen LogP contribution in [-0.2, 0) is 19.1 Å². The van der Waals surface area contributed by atoms with Crippen molar-refractivity contribution in [2.45, 2.75) is 38.3 Å². The van der Waals surface area contributed by atoms with Gasteiger partial charge < -0.3 is 25.5 Å². The Morgan fingerprint density at radius 2 is 1.87 bits per heavy atom. The summed E-state index contributed by atoms with van der Waals surface area (Å²) in [5.74, 6) is -0.601. The molecular formula is C33H34F4N6O3. The molecule has 2 heterocycles. The number of halogens is 4. The summed E-state index contributed by atoms with van der Waals surface area (Å²) in [5.41, 5.74) is 0.784. The number of alkyl halides is 3. The molecule has 2 atom stereocenters. The maximum atomic E-state index is 14.2. The predicted molar refractivity (Wildman–Crippen MR) is 168 cm³/mol. The van der Waals surface area contributed by atoms with Gasteiger partial charge in [0.05, 0.1) is 18.3 Å². The quantitative estimate of drug-likeness (QED) is 0.178. The third-order valence-electron chi connectivity index (χ3n) is 7.95. The molecule has 1 aromatic heterocycles. The fraction of sp³-hybridized carbons (Fsp3) is 0.303. The number of fused-ring (bicyclic) bond motifs is 1. The van der Waals surface area contributed by atoms with Gasteiger partial charge in [0, 0.05) is 49.2 Å². The summed E-state index contributed by atoms with van der Waals surface area (Å²) in [6, 6.07) is 13.7. The Balaban J connectivity index is 1.65. The molecule has 1 aliphatic rings. The summed E-state index contributed by atoms with van der Waals surface area (Å²) >= 11 is 0. The molecule has 1 unspecified atom stereocenters. The number of hydrogen-bond donors (Lipinski definition) is 3. The van der Waals surface area contributed by atoms with Gasteiger partial charge in [0.2, 0.25) is 0 Å². The lowest BCUT2D eigenvalue weighted by Crippen LogP contribution is -2.41. The zero-order valence-corrected chi connectivity index (χ0v) is 25.7. The third-order valence-corrected chi connectivity index (χ3v) is 7.95. The van der Waals surface area contributed by atoms with Crippen molar-refractivity contribution in [2.24, 2.45) is 0 Å². The van der Waals surface area contributed by atoms with E-state index in [0.29, 0.717) is 35.3 Å². The summed E-state index contributed by atoms with van der Waals surface area (Å²) in [7, 11) is 4.83. The highest BCUT2D eigenvalue weighted by Gasteiger charge is 2.33. The van der Waals surface area contributed by atoms with Crippen LogP contribution in [0.5, 0.6) is 0 Å². The largest absolute Gasteiger partial charge is 0.416 e. The lowest BCUT2D eigenvalue weighted by Gasteiger charge is -2.23. The van der Waals surface area contributed by atoms with E-state index in [-0.39, 0.29) is 35.2 Å². The van der Waals surface area contributed by atoms with Crippen molar-refractivity contribution in [1.29, 1.82) is 0 Å². The summed E-state index contributed by atoms with van der Waals surface area (Å²) in [6.07, 6.45) is -4.17. The molecule has 0 fully saturated rings. The number of nitrogens with zero attached hydrogens (tertiary/aromatic N) is 4. The van der Waals surface area contributed by atoms with Crippen molar-refractivity contribution >= 4 is 23.0 Å². The molecular weight excluding hydrogens is 604 g/mol. The zero-order valence-electron chi connectivity index (χ0n) is 25.7. The zero-order chi connectivity index (χ0) is 33.3. The number of nitrogens with one attached hydrogen (secondary N) is 2. The van der Waals surface area contributed by atoms with E-state index >= 15 is 0 Å². The number of anilines is 3. The first-order chi connectivity index (χ1) is 21.8. The van der Waals surface area contributed by atoms with Crippen LogP contribution in [0, 0.1) is 5.82 Å². The number of aromatic nitrogens is 2.